The van der Waals surface area contributed by atoms with Crippen molar-refractivity contribution in [3.05, 3.63) is 65.7 Å². The Morgan fingerprint density at radius 2 is 1.78 bits per heavy atom. The largest absolute Gasteiger partial charge is 0.494 e. The molecule has 27 heavy (non-hydrogen) atoms. The molecule has 0 aliphatic carbocycles. The van der Waals surface area contributed by atoms with E-state index in [0.717, 1.165) is 16.9 Å². The number of benzene rings is 2. The van der Waals surface area contributed by atoms with E-state index in [1.54, 1.807) is 4.90 Å². The zero-order chi connectivity index (χ0) is 19.1. The van der Waals surface area contributed by atoms with Gasteiger partial charge in [0.05, 0.1) is 12.6 Å². The topological polar surface area (TPSA) is 70.7 Å². The van der Waals surface area contributed by atoms with E-state index in [4.69, 9.17) is 4.74 Å². The normalized spacial score (nSPS) is 17.1. The molecule has 6 nitrogen and oxygen atoms in total. The molecule has 1 atom stereocenters. The lowest BCUT2D eigenvalue weighted by atomic mass is 10.0. The van der Waals surface area contributed by atoms with Crippen molar-refractivity contribution in [3.8, 4) is 5.75 Å². The molecule has 142 valence electrons. The Morgan fingerprint density at radius 1 is 1.04 bits per heavy atom. The van der Waals surface area contributed by atoms with Crippen LogP contribution in [0, 0.1) is 0 Å². The van der Waals surface area contributed by atoms with E-state index in [1.807, 2.05) is 61.5 Å². The summed E-state index contributed by atoms with van der Waals surface area (Å²) in [7, 11) is 0. The molecule has 3 rings (SSSR count). The van der Waals surface area contributed by atoms with E-state index in [9.17, 15) is 9.59 Å². The summed E-state index contributed by atoms with van der Waals surface area (Å²) in [5.74, 6) is 0.838. The van der Waals surface area contributed by atoms with Gasteiger partial charge in [-0.3, -0.25) is 5.32 Å². The zero-order valence-corrected chi connectivity index (χ0v) is 15.5. The number of imide groups is 1. The Labute approximate surface area is 159 Å². The van der Waals surface area contributed by atoms with Crippen molar-refractivity contribution in [2.24, 2.45) is 0 Å². The minimum atomic E-state index is -0.443. The Hall–Kier alpha value is -3.02. The Kier molecular flexibility index (Phi) is 6.30. The molecule has 2 aromatic carbocycles. The number of carbonyl (C=O) groups is 2. The number of amides is 4. The smallest absolute Gasteiger partial charge is 0.325 e. The molecule has 1 aliphatic heterocycles. The van der Waals surface area contributed by atoms with Crippen LogP contribution in [0.15, 0.2) is 54.6 Å². The predicted octanol–water partition coefficient (Wildman–Crippen LogP) is 2.97. The minimum Gasteiger partial charge on any atom is -0.494 e. The van der Waals surface area contributed by atoms with Crippen LogP contribution in [0.1, 0.15) is 18.1 Å². The summed E-state index contributed by atoms with van der Waals surface area (Å²) in [6.45, 7) is 3.55. The standard InChI is InChI=1S/C21H25N3O3/c1-2-27-19-10-8-16(9-11-19)12-13-24-18(14-17-6-4-3-5-7-17)15-22-20(25)23-21(24)26/h3-11,18H,2,12-15H2,1H3,(H2,22,23,25,26). The van der Waals surface area contributed by atoms with Gasteiger partial charge in [0.15, 0.2) is 0 Å². The maximum absolute atomic E-state index is 12.5. The van der Waals surface area contributed by atoms with Gasteiger partial charge in [-0.05, 0) is 43.0 Å². The molecule has 1 heterocycles. The van der Waals surface area contributed by atoms with Crippen molar-refractivity contribution in [2.45, 2.75) is 25.8 Å². The summed E-state index contributed by atoms with van der Waals surface area (Å²) in [4.78, 5) is 26.0. The summed E-state index contributed by atoms with van der Waals surface area (Å²) in [5, 5.41) is 5.15. The summed E-state index contributed by atoms with van der Waals surface area (Å²) < 4.78 is 5.46. The predicted molar refractivity (Wildman–Crippen MR) is 104 cm³/mol. The molecule has 0 radical (unpaired) electrons. The summed E-state index contributed by atoms with van der Waals surface area (Å²) in [5.41, 5.74) is 2.26. The third-order valence-corrected chi connectivity index (χ3v) is 4.61. The van der Waals surface area contributed by atoms with Gasteiger partial charge in [0.1, 0.15) is 5.75 Å². The number of carbonyl (C=O) groups excluding carboxylic acids is 2. The van der Waals surface area contributed by atoms with Crippen LogP contribution >= 0.6 is 0 Å². The van der Waals surface area contributed by atoms with Crippen LogP contribution in [0.5, 0.6) is 5.75 Å². The number of nitrogens with one attached hydrogen (secondary N) is 2. The molecule has 0 spiro atoms. The van der Waals surface area contributed by atoms with Crippen LogP contribution < -0.4 is 15.4 Å². The van der Waals surface area contributed by atoms with Crippen molar-refractivity contribution >= 4 is 12.1 Å². The minimum absolute atomic E-state index is 0.0958. The van der Waals surface area contributed by atoms with Gasteiger partial charge in [-0.25, -0.2) is 9.59 Å². The van der Waals surface area contributed by atoms with Gasteiger partial charge in [0, 0.05) is 13.1 Å². The second kappa shape index (κ2) is 9.07. The van der Waals surface area contributed by atoms with Gasteiger partial charge >= 0.3 is 12.1 Å². The number of rotatable bonds is 7. The number of hydrogen-bond donors (Lipinski definition) is 2. The number of ether oxygens (including phenoxy) is 1. The molecule has 6 heteroatoms. The van der Waals surface area contributed by atoms with Gasteiger partial charge in [0.2, 0.25) is 0 Å². The third kappa shape index (κ3) is 5.23. The molecular formula is C21H25N3O3. The number of urea groups is 2. The van der Waals surface area contributed by atoms with Gasteiger partial charge in [-0.2, -0.15) is 0 Å². The summed E-state index contributed by atoms with van der Waals surface area (Å²) in [6.07, 6.45) is 1.40. The lowest BCUT2D eigenvalue weighted by Crippen LogP contribution is -2.47. The highest BCUT2D eigenvalue weighted by Gasteiger charge is 2.28. The maximum atomic E-state index is 12.5. The lowest BCUT2D eigenvalue weighted by molar-refractivity contribution is 0.182. The Bertz CT molecular complexity index is 762. The molecule has 1 saturated heterocycles. The molecule has 4 amide bonds. The van der Waals surface area contributed by atoms with Crippen molar-refractivity contribution < 1.29 is 14.3 Å². The van der Waals surface area contributed by atoms with Crippen LogP contribution in [-0.4, -0.2) is 42.7 Å². The fraction of sp³-hybridized carbons (Fsp3) is 0.333. The second-order valence-corrected chi connectivity index (χ2v) is 6.50. The van der Waals surface area contributed by atoms with E-state index < -0.39 is 6.03 Å². The van der Waals surface area contributed by atoms with E-state index in [1.165, 1.54) is 0 Å². The molecule has 1 fully saturated rings. The monoisotopic (exact) mass is 367 g/mol. The fourth-order valence-corrected chi connectivity index (χ4v) is 3.22. The fourth-order valence-electron chi connectivity index (χ4n) is 3.22. The van der Waals surface area contributed by atoms with E-state index in [-0.39, 0.29) is 12.1 Å². The van der Waals surface area contributed by atoms with E-state index in [2.05, 4.69) is 10.6 Å². The molecule has 0 aromatic heterocycles. The third-order valence-electron chi connectivity index (χ3n) is 4.61. The van der Waals surface area contributed by atoms with Gasteiger partial charge < -0.3 is 15.0 Å². The molecule has 0 saturated carbocycles. The molecule has 1 unspecified atom stereocenters. The quantitative estimate of drug-likeness (QED) is 0.790. The first-order valence-electron chi connectivity index (χ1n) is 9.27. The Morgan fingerprint density at radius 3 is 2.48 bits per heavy atom. The Balaban J connectivity index is 1.69. The van der Waals surface area contributed by atoms with Crippen LogP contribution in [0.2, 0.25) is 0 Å². The average molecular weight is 367 g/mol. The van der Waals surface area contributed by atoms with Gasteiger partial charge in [-0.1, -0.05) is 42.5 Å². The highest BCUT2D eigenvalue weighted by atomic mass is 16.5. The molecular weight excluding hydrogens is 342 g/mol. The zero-order valence-electron chi connectivity index (χ0n) is 15.5. The van der Waals surface area contributed by atoms with Crippen molar-refractivity contribution in [3.63, 3.8) is 0 Å². The number of nitrogens with zero attached hydrogens (tertiary/aromatic N) is 1. The molecule has 0 bridgehead atoms. The van der Waals surface area contributed by atoms with Crippen molar-refractivity contribution in [1.82, 2.24) is 15.5 Å². The first kappa shape index (κ1) is 18.8. The van der Waals surface area contributed by atoms with Crippen LogP contribution in [0.4, 0.5) is 9.59 Å². The van der Waals surface area contributed by atoms with Crippen LogP contribution in [-0.2, 0) is 12.8 Å². The molecule has 1 aliphatic rings. The molecule has 2 aromatic rings. The summed E-state index contributed by atoms with van der Waals surface area (Å²) >= 11 is 0. The number of hydrogen-bond acceptors (Lipinski definition) is 3. The van der Waals surface area contributed by atoms with E-state index >= 15 is 0 Å². The van der Waals surface area contributed by atoms with Gasteiger partial charge in [-0.15, -0.1) is 0 Å². The lowest BCUT2D eigenvalue weighted by Gasteiger charge is -2.29. The van der Waals surface area contributed by atoms with E-state index in [0.29, 0.717) is 32.5 Å². The maximum Gasteiger partial charge on any atom is 0.325 e. The first-order chi connectivity index (χ1) is 13.2. The first-order valence-corrected chi connectivity index (χ1v) is 9.27. The van der Waals surface area contributed by atoms with Crippen LogP contribution in [0.25, 0.3) is 0 Å². The highest BCUT2D eigenvalue weighted by molar-refractivity contribution is 5.94. The van der Waals surface area contributed by atoms with Crippen molar-refractivity contribution in [1.29, 1.82) is 0 Å². The molecule has 2 N–H and O–H groups in total. The SMILES string of the molecule is CCOc1ccc(CCN2C(=O)NC(=O)NCC2Cc2ccccc2)cc1. The van der Waals surface area contributed by atoms with Crippen LogP contribution in [0.3, 0.4) is 0 Å². The summed E-state index contributed by atoms with van der Waals surface area (Å²) in [6, 6.07) is 17.0. The average Bonchev–Trinajstić information content (AvgIpc) is 2.80. The second-order valence-electron chi connectivity index (χ2n) is 6.50. The highest BCUT2D eigenvalue weighted by Crippen LogP contribution is 2.15. The van der Waals surface area contributed by atoms with Crippen molar-refractivity contribution in [2.75, 3.05) is 19.7 Å². The van der Waals surface area contributed by atoms with Gasteiger partial charge in [0.25, 0.3) is 0 Å².